The van der Waals surface area contributed by atoms with E-state index in [-0.39, 0.29) is 35.9 Å². The molecule has 0 bridgehead atoms. The molecule has 2 aliphatic carbocycles. The zero-order chi connectivity index (χ0) is 76.0. The first kappa shape index (κ1) is 96.6. The first-order valence-corrected chi connectivity index (χ1v) is 32.1. The second-order valence-electron chi connectivity index (χ2n) is 23.2. The molecule has 2 aliphatic rings. The van der Waals surface area contributed by atoms with Gasteiger partial charge in [0.15, 0.2) is 0 Å². The van der Waals surface area contributed by atoms with E-state index in [0.717, 1.165) is 65.2 Å². The monoisotopic (exact) mass is 1270 g/mol. The molecule has 530 valence electrons. The van der Waals surface area contributed by atoms with Gasteiger partial charge in [-0.1, -0.05) is 343 Å². The maximum absolute atomic E-state index is 11.5. The van der Waals surface area contributed by atoms with Crippen molar-refractivity contribution in [1.29, 1.82) is 0 Å². The average molecular weight is 1270 g/mol. The summed E-state index contributed by atoms with van der Waals surface area (Å²) in [6, 6.07) is 0. The molecule has 3 atom stereocenters. The van der Waals surface area contributed by atoms with E-state index >= 15 is 0 Å². The summed E-state index contributed by atoms with van der Waals surface area (Å²) in [5.41, 5.74) is 0. The smallest absolute Gasteiger partial charge is 0.171 e. The minimum atomic E-state index is -4.40. The fourth-order valence-corrected chi connectivity index (χ4v) is 3.80. The maximum Gasteiger partial charge on any atom is 0.391 e. The minimum absolute atomic E-state index is 0.0556. The van der Waals surface area contributed by atoms with Crippen molar-refractivity contribution < 1.29 is 74.1 Å². The topological polar surface area (TPSA) is 0 Å². The molecule has 15 heteroatoms. The molecule has 0 aromatic rings. The van der Waals surface area contributed by atoms with Crippen LogP contribution in [0, 0.1) is 59.1 Å². The van der Waals surface area contributed by atoms with Gasteiger partial charge in [-0.2, -0.15) is 65.9 Å². The summed E-state index contributed by atoms with van der Waals surface area (Å²) in [7, 11) is 0. The largest absolute Gasteiger partial charge is 0.391 e. The molecular weight excluding hydrogens is 1110 g/mol. The fourth-order valence-electron chi connectivity index (χ4n) is 3.80. The van der Waals surface area contributed by atoms with Crippen LogP contribution in [-0.4, -0.2) is 30.9 Å². The molecule has 0 heterocycles. The molecule has 0 aromatic heterocycles. The van der Waals surface area contributed by atoms with Crippen molar-refractivity contribution in [3.8, 4) is 0 Å². The van der Waals surface area contributed by atoms with Crippen LogP contribution in [0.4, 0.5) is 65.9 Å². The van der Waals surface area contributed by atoms with Crippen molar-refractivity contribution in [2.45, 2.75) is 393 Å². The van der Waals surface area contributed by atoms with Crippen molar-refractivity contribution in [3.05, 3.63) is 0 Å². The molecule has 2 fully saturated rings. The summed E-state index contributed by atoms with van der Waals surface area (Å²) in [5.74, 6) is -3.79. The highest BCUT2D eigenvalue weighted by Crippen LogP contribution is 2.29. The fraction of sp³-hybridized carbons (Fsp3) is 1.00. The van der Waals surface area contributed by atoms with Gasteiger partial charge in [0.05, 0.1) is 5.92 Å². The van der Waals surface area contributed by atoms with Gasteiger partial charge in [0, 0.05) is 32.9 Å². The number of hydrogen-bond acceptors (Lipinski definition) is 0. The third-order valence-electron chi connectivity index (χ3n) is 10.5. The molecule has 84 heavy (non-hydrogen) atoms. The van der Waals surface area contributed by atoms with Gasteiger partial charge in [-0.3, -0.25) is 0 Å². The van der Waals surface area contributed by atoms with E-state index in [1.807, 2.05) is 55.4 Å². The number of hydrogen-bond donors (Lipinski definition) is 0. The quantitative estimate of drug-likeness (QED) is 0.191. The molecule has 0 aliphatic heterocycles. The van der Waals surface area contributed by atoms with Crippen LogP contribution in [0.15, 0.2) is 0 Å². The Kier molecular flexibility index (Phi) is 91.9. The van der Waals surface area contributed by atoms with Crippen molar-refractivity contribution >= 4 is 0 Å². The van der Waals surface area contributed by atoms with Gasteiger partial charge in [-0.25, -0.2) is 0 Å². The van der Waals surface area contributed by atoms with E-state index in [9.17, 15) is 65.9 Å². The van der Waals surface area contributed by atoms with Crippen LogP contribution in [0.25, 0.3) is 0 Å². The number of halogens is 15. The highest BCUT2D eigenvalue weighted by atomic mass is 19.4. The molecule has 0 radical (unpaired) electrons. The van der Waals surface area contributed by atoms with Gasteiger partial charge < -0.3 is 0 Å². The summed E-state index contributed by atoms with van der Waals surface area (Å²) in [6.45, 7) is 56.5. The Hall–Kier alpha value is -1.05. The first-order chi connectivity index (χ1) is 39.8. The first-order valence-electron chi connectivity index (χ1n) is 35.1. The van der Waals surface area contributed by atoms with E-state index in [0.29, 0.717) is 19.3 Å². The third kappa shape index (κ3) is 178. The Bertz CT molecular complexity index is 1260. The molecule has 0 spiro atoms. The van der Waals surface area contributed by atoms with E-state index in [1.54, 1.807) is 34.6 Å². The van der Waals surface area contributed by atoms with Crippen molar-refractivity contribution in [2.75, 3.05) is 0 Å². The molecule has 0 aromatic carbocycles. The zero-order valence-electron chi connectivity index (χ0n) is 66.7. The summed E-state index contributed by atoms with van der Waals surface area (Å²) in [5, 5.41) is 0. The van der Waals surface area contributed by atoms with Crippen LogP contribution in [-0.2, 0) is 0 Å². The van der Waals surface area contributed by atoms with Crippen molar-refractivity contribution in [1.82, 2.24) is 0 Å². The van der Waals surface area contributed by atoms with Crippen LogP contribution >= 0.6 is 0 Å². The predicted octanol–water partition coefficient (Wildman–Crippen LogP) is 31.4. The van der Waals surface area contributed by atoms with Crippen LogP contribution in [0.1, 0.15) is 370 Å². The van der Waals surface area contributed by atoms with Crippen LogP contribution in [0.2, 0.25) is 0 Å². The highest BCUT2D eigenvalue weighted by Gasteiger charge is 2.34. The normalized spacial score (nSPS) is 16.1. The molecule has 3 unspecified atom stereocenters. The molecular formula is C69H149F15. The van der Waals surface area contributed by atoms with Crippen LogP contribution in [0.3, 0.4) is 0 Å². The lowest BCUT2D eigenvalue weighted by Crippen LogP contribution is -2.18. The Morgan fingerprint density at radius 1 is 0.405 bits per heavy atom. The average Bonchev–Trinajstić information content (AvgIpc) is 3.76. The van der Waals surface area contributed by atoms with Crippen LogP contribution in [0.5, 0.6) is 0 Å². The summed E-state index contributed by atoms with van der Waals surface area (Å²) in [4.78, 5) is 0. The second-order valence-corrected chi connectivity index (χ2v) is 23.2. The minimum Gasteiger partial charge on any atom is -0.171 e. The lowest BCUT2D eigenvalue weighted by atomic mass is 9.91. The standard InChI is InChI=1S/C7H14.2C6H11F3.C6H12.C5H9F3.2C5H12.2C4H7F3.4C4H10.C3H8.C2H6/c1-7-5-3-2-4-6-7;2*1-3-5(2)4-6(7,8)9;1-6-4-2-3-5-6;1-3-4(2)5(6,7)8;1-4-5(2)3;1-3-5-4-2;2*1-3(2)4(5,6)7;2*1-4(2)3;2*1-3-4-2;1-3-2;1-2/h7H,2-6H2,1H3;2*5H,3-4H2,1-2H3;6H,2-5H2,1H3;4H,3H2,1-2H3;5H,4H2,1-3H3;3-5H2,1-2H3;2*3H,1-2H3;2*4H,1-3H3;2*3-4H2,1-2H3;3H2,1-2H3;1-2H3/i7D;;;6D;;;;3D;;4D;;3D2;;;. The second kappa shape index (κ2) is 80.0. The van der Waals surface area contributed by atoms with E-state index in [4.69, 9.17) is 8.22 Å². The number of unbranched alkanes of at least 4 members (excludes halogenated alkanes) is 3. The Morgan fingerprint density at radius 3 is 0.667 bits per heavy atom. The van der Waals surface area contributed by atoms with Gasteiger partial charge >= 0.3 is 30.9 Å². The lowest BCUT2D eigenvalue weighted by molar-refractivity contribution is -0.170. The molecule has 2 saturated carbocycles. The summed E-state index contributed by atoms with van der Waals surface area (Å²) < 4.78 is 213. The van der Waals surface area contributed by atoms with Crippen molar-refractivity contribution in [2.24, 2.45) is 59.1 Å². The Morgan fingerprint density at radius 2 is 0.619 bits per heavy atom. The molecule has 0 saturated heterocycles. The van der Waals surface area contributed by atoms with Gasteiger partial charge in [-0.05, 0) is 47.8 Å². The van der Waals surface area contributed by atoms with Crippen molar-refractivity contribution in [3.63, 3.8) is 0 Å². The molecule has 0 nitrogen and oxygen atoms in total. The van der Waals surface area contributed by atoms with Gasteiger partial charge in [0.25, 0.3) is 0 Å². The maximum atomic E-state index is 11.5. The predicted molar refractivity (Wildman–Crippen MR) is 347 cm³/mol. The van der Waals surface area contributed by atoms with E-state index < -0.39 is 67.8 Å². The third-order valence-corrected chi connectivity index (χ3v) is 10.5. The summed E-state index contributed by atoms with van der Waals surface area (Å²) in [6.07, 6.45) is -0.420. The Labute approximate surface area is 525 Å². The van der Waals surface area contributed by atoms with Gasteiger partial charge in [-0.15, -0.1) is 0 Å². The molecule has 0 N–H and O–H groups in total. The SMILES string of the molecule is CC.CC(C)C.CC(C)C(F)(F)F.CCC.CCC(C)C.CCC(C)C(F)(F)F.CCC(C)CC(F)(F)F.CCC(C)CC(F)(F)F.CCCC.CCCCC.[2H]C(C)(C)C.[2H]C(C)(C)C(F)(F)F.[2H]C([2H])(C)CC.[2H]C1(C)CCCC1.[2H]C1(C)CCCCC1. The molecule has 2 rings (SSSR count). The number of rotatable bonds is 10. The zero-order valence-corrected chi connectivity index (χ0v) is 60.7. The molecule has 0 amide bonds. The van der Waals surface area contributed by atoms with Gasteiger partial charge in [0.1, 0.15) is 0 Å². The van der Waals surface area contributed by atoms with Gasteiger partial charge in [0.2, 0.25) is 0 Å². The van der Waals surface area contributed by atoms with Crippen LogP contribution < -0.4 is 0 Å². The van der Waals surface area contributed by atoms with E-state index in [2.05, 4.69) is 83.1 Å². The number of alkyl halides is 15. The Balaban J connectivity index is -0.0000000649. The highest BCUT2D eigenvalue weighted by molar-refractivity contribution is 4.62. The lowest BCUT2D eigenvalue weighted by Gasteiger charge is -2.15. The summed E-state index contributed by atoms with van der Waals surface area (Å²) >= 11 is 0. The van der Waals surface area contributed by atoms with E-state index in [1.165, 1.54) is 90.9 Å².